The van der Waals surface area contributed by atoms with Gasteiger partial charge in [0.25, 0.3) is 0 Å². The molecule has 0 spiro atoms. The summed E-state index contributed by atoms with van der Waals surface area (Å²) in [7, 11) is 0. The zero-order valence-corrected chi connectivity index (χ0v) is 32.7. The van der Waals surface area contributed by atoms with Crippen molar-refractivity contribution in [3.63, 3.8) is 0 Å². The van der Waals surface area contributed by atoms with Crippen LogP contribution in [0.2, 0.25) is 0 Å². The van der Waals surface area contributed by atoms with Crippen LogP contribution in [-0.4, -0.2) is 4.98 Å². The Balaban J connectivity index is 0.976. The smallest absolute Gasteiger partial charge is 0.137 e. The average Bonchev–Trinajstić information content (AvgIpc) is 4.01. The van der Waals surface area contributed by atoms with E-state index < -0.39 is 0 Å². The number of anilines is 3. The van der Waals surface area contributed by atoms with E-state index in [-0.39, 0.29) is 0 Å². The van der Waals surface area contributed by atoms with Gasteiger partial charge in [-0.25, -0.2) is 4.98 Å². The molecule has 0 bridgehead atoms. The van der Waals surface area contributed by atoms with E-state index in [1.54, 1.807) is 11.3 Å². The predicted octanol–water partition coefficient (Wildman–Crippen LogP) is 16.2. The Morgan fingerprint density at radius 2 is 1.07 bits per heavy atom. The van der Waals surface area contributed by atoms with E-state index in [2.05, 4.69) is 187 Å². The topological polar surface area (TPSA) is 29.3 Å². The number of nitrogens with zero attached hydrogens (tertiary/aromatic N) is 2. The highest BCUT2D eigenvalue weighted by molar-refractivity contribution is 7.26. The minimum atomic E-state index is 0.870. The summed E-state index contributed by atoms with van der Waals surface area (Å²) in [4.78, 5) is 7.57. The fraction of sp³-hybridized carbons (Fsp3) is 0. The van der Waals surface area contributed by atoms with Gasteiger partial charge in [-0.1, -0.05) is 127 Å². The van der Waals surface area contributed by atoms with Gasteiger partial charge in [-0.3, -0.25) is 0 Å². The van der Waals surface area contributed by atoms with E-state index in [1.807, 2.05) is 23.5 Å². The van der Waals surface area contributed by atoms with Gasteiger partial charge in [0.05, 0.1) is 21.3 Å². The molecule has 0 aliphatic heterocycles. The molecule has 0 aliphatic carbocycles. The number of hydrogen-bond acceptors (Lipinski definition) is 5. The third kappa shape index (κ3) is 5.36. The molecule has 0 radical (unpaired) electrons. The summed E-state index contributed by atoms with van der Waals surface area (Å²) in [6.45, 7) is 0. The molecule has 0 fully saturated rings. The highest BCUT2D eigenvalue weighted by Gasteiger charge is 2.20. The molecule has 272 valence electrons. The van der Waals surface area contributed by atoms with E-state index in [9.17, 15) is 0 Å². The van der Waals surface area contributed by atoms with Gasteiger partial charge in [0.1, 0.15) is 16.2 Å². The zero-order valence-electron chi connectivity index (χ0n) is 31.1. The van der Waals surface area contributed by atoms with Crippen LogP contribution in [0.1, 0.15) is 0 Å². The Morgan fingerprint density at radius 1 is 0.414 bits per heavy atom. The van der Waals surface area contributed by atoms with Gasteiger partial charge in [0, 0.05) is 42.5 Å². The lowest BCUT2D eigenvalue weighted by Gasteiger charge is -2.26. The largest absolute Gasteiger partial charge is 0.456 e. The van der Waals surface area contributed by atoms with Crippen LogP contribution in [0.15, 0.2) is 199 Å². The number of furan rings is 1. The van der Waals surface area contributed by atoms with Gasteiger partial charge in [-0.05, 0) is 99.8 Å². The van der Waals surface area contributed by atoms with Crippen molar-refractivity contribution in [3.8, 4) is 32.8 Å². The van der Waals surface area contributed by atoms with E-state index in [0.29, 0.717) is 0 Å². The number of thiazole rings is 1. The van der Waals surface area contributed by atoms with E-state index in [4.69, 9.17) is 9.40 Å². The summed E-state index contributed by atoms with van der Waals surface area (Å²) in [5.74, 6) is 0. The predicted molar refractivity (Wildman–Crippen MR) is 248 cm³/mol. The number of benzene rings is 9. The SMILES string of the molecule is c1ccc(-c2nc3c(ccc4sc5ccc(-c6ccc(N(c7ccc(-c8cccc9ccccc89)cc7)c7cccc8oc9ccccc9c78)cc6)cc5c43)s2)cc1. The minimum Gasteiger partial charge on any atom is -0.456 e. The molecule has 9 aromatic carbocycles. The van der Waals surface area contributed by atoms with Gasteiger partial charge in [-0.15, -0.1) is 22.7 Å². The third-order valence-electron chi connectivity index (χ3n) is 11.3. The van der Waals surface area contributed by atoms with Gasteiger partial charge in [-0.2, -0.15) is 0 Å². The van der Waals surface area contributed by atoms with Crippen molar-refractivity contribution in [1.29, 1.82) is 0 Å². The van der Waals surface area contributed by atoms with Crippen LogP contribution in [0.25, 0.3) is 95.9 Å². The second-order valence-electron chi connectivity index (χ2n) is 14.7. The van der Waals surface area contributed by atoms with Gasteiger partial charge >= 0.3 is 0 Å². The Morgan fingerprint density at radius 3 is 1.91 bits per heavy atom. The highest BCUT2D eigenvalue weighted by Crippen LogP contribution is 2.45. The van der Waals surface area contributed by atoms with Crippen LogP contribution in [0.4, 0.5) is 17.1 Å². The van der Waals surface area contributed by atoms with Crippen molar-refractivity contribution >= 4 is 103 Å². The molecule has 0 amide bonds. The van der Waals surface area contributed by atoms with E-state index in [0.717, 1.165) is 55.1 Å². The Hall–Kier alpha value is -7.05. The summed E-state index contributed by atoms with van der Waals surface area (Å²) in [5, 5.41) is 8.24. The first kappa shape index (κ1) is 33.1. The minimum absolute atomic E-state index is 0.870. The second-order valence-corrected chi connectivity index (χ2v) is 16.8. The second kappa shape index (κ2) is 13.3. The molecule has 0 saturated carbocycles. The number of hydrogen-bond donors (Lipinski definition) is 0. The summed E-state index contributed by atoms with van der Waals surface area (Å²) in [6.07, 6.45) is 0. The lowest BCUT2D eigenvalue weighted by atomic mass is 9.98. The monoisotopic (exact) mass is 776 g/mol. The summed E-state index contributed by atoms with van der Waals surface area (Å²) in [6, 6.07) is 69.6. The molecule has 58 heavy (non-hydrogen) atoms. The van der Waals surface area contributed by atoms with Crippen molar-refractivity contribution in [2.75, 3.05) is 4.90 Å². The maximum atomic E-state index is 6.39. The Labute approximate surface area is 342 Å². The fourth-order valence-corrected chi connectivity index (χ4v) is 10.6. The molecule has 0 N–H and O–H groups in total. The summed E-state index contributed by atoms with van der Waals surface area (Å²) < 4.78 is 10.1. The maximum Gasteiger partial charge on any atom is 0.137 e. The number of aromatic nitrogens is 1. The number of para-hydroxylation sites is 1. The molecular weight excluding hydrogens is 745 g/mol. The molecule has 0 saturated heterocycles. The van der Waals surface area contributed by atoms with Crippen molar-refractivity contribution < 1.29 is 4.42 Å². The molecule has 12 aromatic rings. The highest BCUT2D eigenvalue weighted by atomic mass is 32.1. The average molecular weight is 777 g/mol. The number of thiophene rings is 1. The van der Waals surface area contributed by atoms with Crippen LogP contribution in [0.3, 0.4) is 0 Å². The van der Waals surface area contributed by atoms with Crippen LogP contribution < -0.4 is 4.90 Å². The maximum absolute atomic E-state index is 6.39. The molecule has 12 rings (SSSR count). The lowest BCUT2D eigenvalue weighted by Crippen LogP contribution is -2.10. The Kier molecular flexibility index (Phi) is 7.58. The molecule has 0 unspecified atom stereocenters. The lowest BCUT2D eigenvalue weighted by molar-refractivity contribution is 0.669. The molecule has 0 aliphatic rings. The van der Waals surface area contributed by atoms with Crippen molar-refractivity contribution in [3.05, 3.63) is 194 Å². The summed E-state index contributed by atoms with van der Waals surface area (Å²) >= 11 is 3.60. The van der Waals surface area contributed by atoms with Gasteiger partial charge in [0.2, 0.25) is 0 Å². The molecular formula is C53H32N2OS2. The first-order chi connectivity index (χ1) is 28.7. The first-order valence-corrected chi connectivity index (χ1v) is 21.1. The number of fused-ring (bicyclic) bond motifs is 9. The molecule has 0 atom stereocenters. The zero-order chi connectivity index (χ0) is 38.2. The van der Waals surface area contributed by atoms with E-state index >= 15 is 0 Å². The van der Waals surface area contributed by atoms with Gasteiger partial charge in [0.15, 0.2) is 0 Å². The normalized spacial score (nSPS) is 11.8. The standard InChI is InChI=1S/C53H32N2OS2/c1-2-11-36(12-3-1)53-54-52-49(58-53)31-30-48-51(52)43-32-37(24-29-47(43)57-48)33-20-25-38(26-21-33)55(44-17-9-19-46-50(44)42-15-6-7-18-45(42)56-46)39-27-22-35(23-28-39)41-16-8-13-34-10-4-5-14-40(34)41/h1-32H. The fourth-order valence-electron chi connectivity index (χ4n) is 8.58. The van der Waals surface area contributed by atoms with Crippen molar-refractivity contribution in [2.24, 2.45) is 0 Å². The van der Waals surface area contributed by atoms with Crippen molar-refractivity contribution in [1.82, 2.24) is 4.98 Å². The third-order valence-corrected chi connectivity index (χ3v) is 13.5. The van der Waals surface area contributed by atoms with Crippen LogP contribution in [0, 0.1) is 0 Å². The van der Waals surface area contributed by atoms with Gasteiger partial charge < -0.3 is 9.32 Å². The quantitative estimate of drug-likeness (QED) is 0.168. The summed E-state index contributed by atoms with van der Waals surface area (Å²) in [5.41, 5.74) is 12.0. The first-order valence-electron chi connectivity index (χ1n) is 19.4. The van der Waals surface area contributed by atoms with Crippen molar-refractivity contribution in [2.45, 2.75) is 0 Å². The molecule has 5 heteroatoms. The molecule has 3 heterocycles. The molecule has 3 aromatic heterocycles. The molecule has 3 nitrogen and oxygen atoms in total. The Bertz CT molecular complexity index is 3500. The van der Waals surface area contributed by atoms with E-state index in [1.165, 1.54) is 57.9 Å². The number of rotatable bonds is 6. The van der Waals surface area contributed by atoms with Crippen LogP contribution in [0.5, 0.6) is 0 Å². The van der Waals surface area contributed by atoms with Crippen LogP contribution >= 0.6 is 22.7 Å². The van der Waals surface area contributed by atoms with Crippen LogP contribution in [-0.2, 0) is 0 Å².